The van der Waals surface area contributed by atoms with Crippen molar-refractivity contribution in [1.82, 2.24) is 15.0 Å². The summed E-state index contributed by atoms with van der Waals surface area (Å²) in [5.41, 5.74) is 0. The van der Waals surface area contributed by atoms with E-state index in [1.807, 2.05) is 4.90 Å². The zero-order chi connectivity index (χ0) is 15.0. The van der Waals surface area contributed by atoms with E-state index in [0.29, 0.717) is 24.4 Å². The van der Waals surface area contributed by atoms with Crippen LogP contribution in [0.1, 0.15) is 27.2 Å². The largest absolute Gasteiger partial charge is 0.395 e. The molecule has 7 nitrogen and oxygen atoms in total. The lowest BCUT2D eigenvalue weighted by Crippen LogP contribution is -2.31. The van der Waals surface area contributed by atoms with Crippen LogP contribution in [0.3, 0.4) is 0 Å². The van der Waals surface area contributed by atoms with Gasteiger partial charge in [0.05, 0.1) is 6.61 Å². The average molecular weight is 282 g/mol. The Labute approximate surface area is 121 Å². The summed E-state index contributed by atoms with van der Waals surface area (Å²) < 4.78 is 0. The monoisotopic (exact) mass is 282 g/mol. The highest BCUT2D eigenvalue weighted by Crippen LogP contribution is 2.16. The van der Waals surface area contributed by atoms with Crippen LogP contribution in [0.15, 0.2) is 0 Å². The van der Waals surface area contributed by atoms with E-state index in [4.69, 9.17) is 0 Å². The summed E-state index contributed by atoms with van der Waals surface area (Å²) in [7, 11) is 1.79. The van der Waals surface area contributed by atoms with Crippen molar-refractivity contribution in [3.8, 4) is 0 Å². The van der Waals surface area contributed by atoms with Gasteiger partial charge in [-0.05, 0) is 20.3 Å². The summed E-state index contributed by atoms with van der Waals surface area (Å²) in [6, 6.07) is 0. The van der Waals surface area contributed by atoms with Crippen molar-refractivity contribution >= 4 is 17.8 Å². The fourth-order valence-electron chi connectivity index (χ4n) is 1.96. The van der Waals surface area contributed by atoms with Crippen molar-refractivity contribution in [2.45, 2.75) is 27.2 Å². The number of nitrogens with zero attached hydrogens (tertiary/aromatic N) is 5. The molecule has 0 aliphatic carbocycles. The molecule has 0 saturated carbocycles. The molecule has 0 aliphatic rings. The normalized spacial score (nSPS) is 10.4. The summed E-state index contributed by atoms with van der Waals surface area (Å²) in [4.78, 5) is 17.4. The second-order valence-corrected chi connectivity index (χ2v) is 4.39. The van der Waals surface area contributed by atoms with Gasteiger partial charge >= 0.3 is 0 Å². The molecule has 0 aliphatic heterocycles. The predicted octanol–water partition coefficient (Wildman–Crippen LogP) is 0.968. The number of aliphatic hydroxyl groups is 1. The minimum atomic E-state index is 0.0845. The molecule has 0 atom stereocenters. The number of hydrogen-bond acceptors (Lipinski definition) is 7. The molecule has 0 radical (unpaired) electrons. The summed E-state index contributed by atoms with van der Waals surface area (Å²) in [6.45, 7) is 9.35. The highest BCUT2D eigenvalue weighted by Gasteiger charge is 2.14. The molecule has 0 fully saturated rings. The molecule has 1 aromatic rings. The standard InChI is InChI=1S/C13H26N6O/c1-5-8-19(9-10-20)13-16-11(14-4)15-12(17-13)18(6-2)7-3/h20H,5-10H2,1-4H3,(H,14,15,16,17). The zero-order valence-electron chi connectivity index (χ0n) is 12.9. The van der Waals surface area contributed by atoms with Crippen molar-refractivity contribution in [3.05, 3.63) is 0 Å². The van der Waals surface area contributed by atoms with Gasteiger partial charge < -0.3 is 20.2 Å². The first-order valence-electron chi connectivity index (χ1n) is 7.24. The van der Waals surface area contributed by atoms with E-state index in [1.54, 1.807) is 7.05 Å². The molecule has 1 rings (SSSR count). The minimum Gasteiger partial charge on any atom is -0.395 e. The van der Waals surface area contributed by atoms with Gasteiger partial charge in [0.25, 0.3) is 0 Å². The molecule has 114 valence electrons. The van der Waals surface area contributed by atoms with Crippen LogP contribution in [0.2, 0.25) is 0 Å². The van der Waals surface area contributed by atoms with E-state index in [-0.39, 0.29) is 6.61 Å². The number of rotatable bonds is 9. The van der Waals surface area contributed by atoms with Crippen LogP contribution >= 0.6 is 0 Å². The third-order valence-electron chi connectivity index (χ3n) is 3.03. The Kier molecular flexibility index (Phi) is 7.00. The Bertz CT molecular complexity index is 390. The maximum absolute atomic E-state index is 9.18. The van der Waals surface area contributed by atoms with Gasteiger partial charge in [0.2, 0.25) is 17.8 Å². The molecular formula is C13H26N6O. The number of hydrogen-bond donors (Lipinski definition) is 2. The molecule has 0 saturated heterocycles. The number of anilines is 3. The third-order valence-corrected chi connectivity index (χ3v) is 3.03. The highest BCUT2D eigenvalue weighted by molar-refractivity contribution is 5.44. The van der Waals surface area contributed by atoms with Gasteiger partial charge in [-0.2, -0.15) is 15.0 Å². The van der Waals surface area contributed by atoms with Crippen molar-refractivity contribution in [2.75, 3.05) is 55.0 Å². The lowest BCUT2D eigenvalue weighted by Gasteiger charge is -2.24. The molecule has 20 heavy (non-hydrogen) atoms. The third kappa shape index (κ3) is 4.19. The average Bonchev–Trinajstić information content (AvgIpc) is 2.48. The van der Waals surface area contributed by atoms with Crippen molar-refractivity contribution in [1.29, 1.82) is 0 Å². The maximum atomic E-state index is 9.18. The van der Waals surface area contributed by atoms with Gasteiger partial charge in [-0.1, -0.05) is 6.92 Å². The molecule has 2 N–H and O–H groups in total. The van der Waals surface area contributed by atoms with Gasteiger partial charge in [-0.3, -0.25) is 0 Å². The van der Waals surface area contributed by atoms with E-state index in [1.165, 1.54) is 0 Å². The lowest BCUT2D eigenvalue weighted by molar-refractivity contribution is 0.301. The Morgan fingerprint density at radius 1 is 0.950 bits per heavy atom. The van der Waals surface area contributed by atoms with Gasteiger partial charge in [-0.25, -0.2) is 0 Å². The first-order chi connectivity index (χ1) is 9.69. The number of aromatic nitrogens is 3. The van der Waals surface area contributed by atoms with Crippen LogP contribution in [-0.4, -0.2) is 59.9 Å². The smallest absolute Gasteiger partial charge is 0.232 e. The predicted molar refractivity (Wildman–Crippen MR) is 82.5 cm³/mol. The van der Waals surface area contributed by atoms with Crippen LogP contribution in [0.5, 0.6) is 0 Å². The van der Waals surface area contributed by atoms with Crippen LogP contribution in [-0.2, 0) is 0 Å². The Morgan fingerprint density at radius 3 is 2.00 bits per heavy atom. The fourth-order valence-corrected chi connectivity index (χ4v) is 1.96. The van der Waals surface area contributed by atoms with Gasteiger partial charge in [-0.15, -0.1) is 0 Å². The van der Waals surface area contributed by atoms with E-state index in [0.717, 1.165) is 26.1 Å². The fraction of sp³-hybridized carbons (Fsp3) is 0.769. The molecule has 0 amide bonds. The second-order valence-electron chi connectivity index (χ2n) is 4.39. The Balaban J connectivity index is 3.13. The van der Waals surface area contributed by atoms with Crippen molar-refractivity contribution in [2.24, 2.45) is 0 Å². The summed E-state index contributed by atoms with van der Waals surface area (Å²) in [6.07, 6.45) is 0.973. The molecule has 1 aromatic heterocycles. The Hall–Kier alpha value is -1.63. The number of nitrogens with one attached hydrogen (secondary N) is 1. The SMILES string of the molecule is CCCN(CCO)c1nc(NC)nc(N(CC)CC)n1. The molecule has 0 spiro atoms. The lowest BCUT2D eigenvalue weighted by atomic mass is 10.4. The van der Waals surface area contributed by atoms with Gasteiger partial charge in [0, 0.05) is 33.2 Å². The molecule has 7 heteroatoms. The molecule has 1 heterocycles. The summed E-state index contributed by atoms with van der Waals surface area (Å²) >= 11 is 0. The summed E-state index contributed by atoms with van der Waals surface area (Å²) in [5.74, 6) is 1.83. The topological polar surface area (TPSA) is 77.4 Å². The van der Waals surface area contributed by atoms with Crippen LogP contribution in [0.4, 0.5) is 17.8 Å². The maximum Gasteiger partial charge on any atom is 0.232 e. The van der Waals surface area contributed by atoms with E-state index < -0.39 is 0 Å². The van der Waals surface area contributed by atoms with Crippen LogP contribution in [0.25, 0.3) is 0 Å². The van der Waals surface area contributed by atoms with Gasteiger partial charge in [0.1, 0.15) is 0 Å². The molecule has 0 bridgehead atoms. The van der Waals surface area contributed by atoms with Crippen molar-refractivity contribution < 1.29 is 5.11 Å². The molecule has 0 unspecified atom stereocenters. The quantitative estimate of drug-likeness (QED) is 0.698. The zero-order valence-corrected chi connectivity index (χ0v) is 12.9. The van der Waals surface area contributed by atoms with E-state index in [9.17, 15) is 5.11 Å². The minimum absolute atomic E-state index is 0.0845. The first-order valence-corrected chi connectivity index (χ1v) is 7.24. The van der Waals surface area contributed by atoms with Crippen molar-refractivity contribution in [3.63, 3.8) is 0 Å². The van der Waals surface area contributed by atoms with E-state index >= 15 is 0 Å². The molecule has 0 aromatic carbocycles. The number of aliphatic hydroxyl groups excluding tert-OH is 1. The first kappa shape index (κ1) is 16.4. The highest BCUT2D eigenvalue weighted by atomic mass is 16.3. The Morgan fingerprint density at radius 2 is 1.55 bits per heavy atom. The van der Waals surface area contributed by atoms with Gasteiger partial charge in [0.15, 0.2) is 0 Å². The van der Waals surface area contributed by atoms with Crippen LogP contribution in [0, 0.1) is 0 Å². The van der Waals surface area contributed by atoms with E-state index in [2.05, 4.69) is 45.9 Å². The van der Waals surface area contributed by atoms with Crippen LogP contribution < -0.4 is 15.1 Å². The second kappa shape index (κ2) is 8.52. The summed E-state index contributed by atoms with van der Waals surface area (Å²) in [5, 5.41) is 12.2. The molecular weight excluding hydrogens is 256 g/mol.